The van der Waals surface area contributed by atoms with Crippen molar-refractivity contribution in [1.29, 1.82) is 0 Å². The molecule has 108 valence electrons. The second-order valence-corrected chi connectivity index (χ2v) is 6.10. The Morgan fingerprint density at radius 3 is 2.14 bits per heavy atom. The molecule has 2 aromatic rings. The van der Waals surface area contributed by atoms with E-state index in [0.29, 0.717) is 0 Å². The Balaban J connectivity index is 1.73. The third kappa shape index (κ3) is 3.44. The summed E-state index contributed by atoms with van der Waals surface area (Å²) in [6.45, 7) is 2.29. The summed E-state index contributed by atoms with van der Waals surface area (Å²) in [6, 6.07) is 19.7. The van der Waals surface area contributed by atoms with Crippen molar-refractivity contribution in [3.05, 3.63) is 66.2 Å². The van der Waals surface area contributed by atoms with E-state index in [9.17, 15) is 0 Å². The molecule has 0 aromatic heterocycles. The lowest BCUT2D eigenvalue weighted by molar-refractivity contribution is 0.445. The predicted molar refractivity (Wildman–Crippen MR) is 92.1 cm³/mol. The second kappa shape index (κ2) is 6.76. The molecule has 0 N–H and O–H groups in total. The van der Waals surface area contributed by atoms with Crippen LogP contribution in [0.5, 0.6) is 0 Å². The van der Waals surface area contributed by atoms with Gasteiger partial charge in [0.1, 0.15) is 0 Å². The van der Waals surface area contributed by atoms with Gasteiger partial charge in [-0.05, 0) is 47.4 Å². The molecule has 0 unspecified atom stereocenters. The van der Waals surface area contributed by atoms with Gasteiger partial charge in [0.2, 0.25) is 0 Å². The lowest BCUT2D eigenvalue weighted by atomic mass is 9.84. The van der Waals surface area contributed by atoms with Gasteiger partial charge < -0.3 is 0 Å². The van der Waals surface area contributed by atoms with Gasteiger partial charge in [0.25, 0.3) is 0 Å². The van der Waals surface area contributed by atoms with Crippen LogP contribution in [-0.4, -0.2) is 0 Å². The molecule has 1 aliphatic rings. The van der Waals surface area contributed by atoms with Crippen molar-refractivity contribution in [2.45, 2.75) is 39.0 Å². The monoisotopic (exact) mass is 276 g/mol. The molecular formula is C21H24. The first kappa shape index (κ1) is 14.1. The fourth-order valence-corrected chi connectivity index (χ4v) is 3.33. The van der Waals surface area contributed by atoms with Gasteiger partial charge in [-0.1, -0.05) is 80.4 Å². The zero-order valence-electron chi connectivity index (χ0n) is 12.9. The molecule has 1 aliphatic carbocycles. The van der Waals surface area contributed by atoms with Gasteiger partial charge in [0, 0.05) is 0 Å². The number of benzene rings is 2. The summed E-state index contributed by atoms with van der Waals surface area (Å²) in [5.41, 5.74) is 5.55. The zero-order chi connectivity index (χ0) is 14.5. The molecule has 3 rings (SSSR count). The van der Waals surface area contributed by atoms with Crippen LogP contribution in [-0.2, 0) is 0 Å². The maximum atomic E-state index is 2.47. The molecule has 2 aromatic carbocycles. The standard InChI is InChI=1S/C21H24/c1-2-6-17-9-11-19(12-10-17)21-15-13-20(14-16-21)18-7-4-3-5-8-18/h3-5,7-8,11,13-17H,2,6,9-10,12H2,1H3/t17-/m1/s1. The topological polar surface area (TPSA) is 0 Å². The van der Waals surface area contributed by atoms with Gasteiger partial charge >= 0.3 is 0 Å². The van der Waals surface area contributed by atoms with E-state index >= 15 is 0 Å². The van der Waals surface area contributed by atoms with Crippen LogP contribution in [0.4, 0.5) is 0 Å². The van der Waals surface area contributed by atoms with Gasteiger partial charge in [-0.15, -0.1) is 0 Å². The molecule has 0 radical (unpaired) electrons. The molecule has 0 saturated carbocycles. The van der Waals surface area contributed by atoms with Crippen LogP contribution >= 0.6 is 0 Å². The molecule has 1 atom stereocenters. The van der Waals surface area contributed by atoms with Crippen molar-refractivity contribution >= 4 is 5.57 Å². The molecule has 0 nitrogen and oxygen atoms in total. The Morgan fingerprint density at radius 1 is 0.857 bits per heavy atom. The molecular weight excluding hydrogens is 252 g/mol. The lowest BCUT2D eigenvalue weighted by Crippen LogP contribution is -2.04. The summed E-state index contributed by atoms with van der Waals surface area (Å²) >= 11 is 0. The van der Waals surface area contributed by atoms with Gasteiger partial charge in [-0.25, -0.2) is 0 Å². The average molecular weight is 276 g/mol. The SMILES string of the molecule is CCC[C@@H]1CC=C(c2ccc(-c3ccccc3)cc2)CC1. The zero-order valence-corrected chi connectivity index (χ0v) is 12.9. The molecule has 0 heteroatoms. The van der Waals surface area contributed by atoms with Gasteiger partial charge in [-0.3, -0.25) is 0 Å². The van der Waals surface area contributed by atoms with E-state index in [4.69, 9.17) is 0 Å². The summed E-state index contributed by atoms with van der Waals surface area (Å²) in [4.78, 5) is 0. The van der Waals surface area contributed by atoms with E-state index in [0.717, 1.165) is 5.92 Å². The average Bonchev–Trinajstić information content (AvgIpc) is 2.57. The van der Waals surface area contributed by atoms with E-state index in [1.165, 1.54) is 48.8 Å². The van der Waals surface area contributed by atoms with Crippen LogP contribution < -0.4 is 0 Å². The molecule has 21 heavy (non-hydrogen) atoms. The molecule has 0 amide bonds. The van der Waals surface area contributed by atoms with Gasteiger partial charge in [0.05, 0.1) is 0 Å². The lowest BCUT2D eigenvalue weighted by Gasteiger charge is -2.21. The number of allylic oxidation sites excluding steroid dienone is 2. The Labute approximate surface area is 128 Å². The summed E-state index contributed by atoms with van der Waals surface area (Å²) < 4.78 is 0. The highest BCUT2D eigenvalue weighted by molar-refractivity contribution is 5.70. The van der Waals surface area contributed by atoms with E-state index in [1.807, 2.05) is 0 Å². The maximum absolute atomic E-state index is 2.47. The Kier molecular flexibility index (Phi) is 4.55. The van der Waals surface area contributed by atoms with Crippen LogP contribution in [0, 0.1) is 5.92 Å². The molecule has 0 heterocycles. The molecule has 0 fully saturated rings. The summed E-state index contributed by atoms with van der Waals surface area (Å²) in [5.74, 6) is 0.919. The predicted octanol–water partition coefficient (Wildman–Crippen LogP) is 6.34. The summed E-state index contributed by atoms with van der Waals surface area (Å²) in [7, 11) is 0. The van der Waals surface area contributed by atoms with E-state index in [1.54, 1.807) is 5.57 Å². The van der Waals surface area contributed by atoms with E-state index < -0.39 is 0 Å². The third-order valence-corrected chi connectivity index (χ3v) is 4.58. The van der Waals surface area contributed by atoms with Crippen molar-refractivity contribution < 1.29 is 0 Å². The van der Waals surface area contributed by atoms with Crippen molar-refractivity contribution in [2.75, 3.05) is 0 Å². The Bertz CT molecular complexity index is 590. The minimum Gasteiger partial charge on any atom is -0.0804 e. The first-order valence-corrected chi connectivity index (χ1v) is 8.21. The maximum Gasteiger partial charge on any atom is -0.0184 e. The van der Waals surface area contributed by atoms with Crippen LogP contribution in [0.3, 0.4) is 0 Å². The minimum absolute atomic E-state index is 0.919. The summed E-state index contributed by atoms with van der Waals surface area (Å²) in [5, 5.41) is 0. The minimum atomic E-state index is 0.919. The molecule has 0 aliphatic heterocycles. The fourth-order valence-electron chi connectivity index (χ4n) is 3.33. The van der Waals surface area contributed by atoms with Crippen molar-refractivity contribution in [3.63, 3.8) is 0 Å². The fraction of sp³-hybridized carbons (Fsp3) is 0.333. The smallest absolute Gasteiger partial charge is 0.0184 e. The second-order valence-electron chi connectivity index (χ2n) is 6.10. The highest BCUT2D eigenvalue weighted by Gasteiger charge is 2.14. The molecule has 0 spiro atoms. The van der Waals surface area contributed by atoms with Crippen LogP contribution in [0.15, 0.2) is 60.7 Å². The number of hydrogen-bond acceptors (Lipinski definition) is 0. The van der Waals surface area contributed by atoms with Crippen LogP contribution in [0.1, 0.15) is 44.6 Å². The number of rotatable bonds is 4. The summed E-state index contributed by atoms with van der Waals surface area (Å²) in [6.07, 6.45) is 9.05. The van der Waals surface area contributed by atoms with Gasteiger partial charge in [0.15, 0.2) is 0 Å². The third-order valence-electron chi connectivity index (χ3n) is 4.58. The van der Waals surface area contributed by atoms with Crippen molar-refractivity contribution in [2.24, 2.45) is 5.92 Å². The number of hydrogen-bond donors (Lipinski definition) is 0. The largest absolute Gasteiger partial charge is 0.0804 e. The first-order chi connectivity index (χ1) is 10.4. The molecule has 0 saturated heterocycles. The van der Waals surface area contributed by atoms with E-state index in [-0.39, 0.29) is 0 Å². The van der Waals surface area contributed by atoms with Crippen molar-refractivity contribution in [3.8, 4) is 11.1 Å². The highest BCUT2D eigenvalue weighted by Crippen LogP contribution is 2.33. The Morgan fingerprint density at radius 2 is 1.52 bits per heavy atom. The highest BCUT2D eigenvalue weighted by atomic mass is 14.2. The quantitative estimate of drug-likeness (QED) is 0.611. The normalized spacial score (nSPS) is 18.3. The van der Waals surface area contributed by atoms with Crippen LogP contribution in [0.2, 0.25) is 0 Å². The first-order valence-electron chi connectivity index (χ1n) is 8.21. The van der Waals surface area contributed by atoms with Crippen LogP contribution in [0.25, 0.3) is 16.7 Å². The molecule has 0 bridgehead atoms. The van der Waals surface area contributed by atoms with Crippen molar-refractivity contribution in [1.82, 2.24) is 0 Å². The van der Waals surface area contributed by atoms with Gasteiger partial charge in [-0.2, -0.15) is 0 Å². The Hall–Kier alpha value is -1.82. The van der Waals surface area contributed by atoms with E-state index in [2.05, 4.69) is 67.6 Å².